The van der Waals surface area contributed by atoms with Gasteiger partial charge < -0.3 is 15.0 Å². The Labute approximate surface area is 151 Å². The van der Waals surface area contributed by atoms with E-state index in [1.165, 1.54) is 30.7 Å². The van der Waals surface area contributed by atoms with Crippen LogP contribution < -0.4 is 10.1 Å². The first-order chi connectivity index (χ1) is 11.4. The van der Waals surface area contributed by atoms with Gasteiger partial charge in [-0.2, -0.15) is 0 Å². The summed E-state index contributed by atoms with van der Waals surface area (Å²) in [4.78, 5) is 14.2. The first-order valence-corrected chi connectivity index (χ1v) is 8.19. The number of rotatable bonds is 3. The molecule has 2 aliphatic heterocycles. The second-order valence-electron chi connectivity index (χ2n) is 6.68. The van der Waals surface area contributed by atoms with Crippen molar-refractivity contribution in [3.63, 3.8) is 0 Å². The van der Waals surface area contributed by atoms with E-state index in [4.69, 9.17) is 0 Å². The fourth-order valence-corrected chi connectivity index (χ4v) is 3.55. The Bertz CT molecular complexity index is 577. The summed E-state index contributed by atoms with van der Waals surface area (Å²) in [6.07, 6.45) is -1.28. The summed E-state index contributed by atoms with van der Waals surface area (Å²) in [5.74, 6) is -0.243. The Hall–Kier alpha value is -1.47. The minimum atomic E-state index is -4.70. The highest BCUT2D eigenvalue weighted by Gasteiger charge is 2.38. The summed E-state index contributed by atoms with van der Waals surface area (Å²) < 4.78 is 40.2. The summed E-state index contributed by atoms with van der Waals surface area (Å²) in [5.41, 5.74) is 1.05. The first kappa shape index (κ1) is 19.8. The van der Waals surface area contributed by atoms with Crippen LogP contribution in [0.5, 0.6) is 5.75 Å². The lowest BCUT2D eigenvalue weighted by molar-refractivity contribution is -0.274. The zero-order chi connectivity index (χ0) is 17.2. The number of piperidine rings is 1. The van der Waals surface area contributed by atoms with Gasteiger partial charge in [0.05, 0.1) is 6.42 Å². The monoisotopic (exact) mass is 378 g/mol. The van der Waals surface area contributed by atoms with Crippen molar-refractivity contribution in [1.29, 1.82) is 0 Å². The second-order valence-corrected chi connectivity index (χ2v) is 6.68. The number of likely N-dealkylation sites (tertiary alicyclic amines) is 1. The number of hydrogen-bond acceptors (Lipinski definition) is 3. The van der Waals surface area contributed by atoms with E-state index >= 15 is 0 Å². The van der Waals surface area contributed by atoms with Crippen molar-refractivity contribution in [2.45, 2.75) is 32.0 Å². The number of halogens is 4. The lowest BCUT2D eigenvalue weighted by Gasteiger charge is -2.39. The van der Waals surface area contributed by atoms with Crippen molar-refractivity contribution in [2.24, 2.45) is 5.41 Å². The number of nitrogens with one attached hydrogen (secondary N) is 1. The lowest BCUT2D eigenvalue weighted by atomic mass is 9.78. The molecule has 1 aromatic carbocycles. The van der Waals surface area contributed by atoms with Gasteiger partial charge in [0.25, 0.3) is 0 Å². The molecule has 1 amide bonds. The van der Waals surface area contributed by atoms with Crippen molar-refractivity contribution in [3.8, 4) is 5.75 Å². The van der Waals surface area contributed by atoms with Crippen LogP contribution in [-0.2, 0) is 11.2 Å². The number of ether oxygens (including phenoxy) is 1. The van der Waals surface area contributed by atoms with Crippen molar-refractivity contribution in [1.82, 2.24) is 10.2 Å². The number of alkyl halides is 3. The van der Waals surface area contributed by atoms with Gasteiger partial charge in [-0.25, -0.2) is 0 Å². The molecular formula is C17H22ClF3N2O2. The molecule has 0 saturated carbocycles. The van der Waals surface area contributed by atoms with Gasteiger partial charge in [-0.3, -0.25) is 4.79 Å². The Morgan fingerprint density at radius 3 is 2.32 bits per heavy atom. The molecule has 0 atom stereocenters. The molecule has 2 fully saturated rings. The Morgan fingerprint density at radius 1 is 1.16 bits per heavy atom. The normalized spacial score (nSPS) is 19.6. The number of carbonyl (C=O) groups excluding carboxylic acids is 1. The predicted octanol–water partition coefficient (Wildman–Crippen LogP) is 3.15. The molecule has 1 spiro atoms. The van der Waals surface area contributed by atoms with E-state index < -0.39 is 6.36 Å². The topological polar surface area (TPSA) is 41.6 Å². The van der Waals surface area contributed by atoms with Crippen molar-refractivity contribution in [2.75, 3.05) is 26.2 Å². The average Bonchev–Trinajstić information content (AvgIpc) is 2.97. The minimum absolute atomic E-state index is 0. The molecule has 140 valence electrons. The van der Waals surface area contributed by atoms with Gasteiger partial charge in [-0.15, -0.1) is 25.6 Å². The van der Waals surface area contributed by atoms with E-state index in [1.54, 1.807) is 0 Å². The van der Waals surface area contributed by atoms with Crippen LogP contribution in [0.2, 0.25) is 0 Å². The van der Waals surface area contributed by atoms with Gasteiger partial charge in [0, 0.05) is 19.6 Å². The van der Waals surface area contributed by atoms with E-state index in [-0.39, 0.29) is 30.5 Å². The fraction of sp³-hybridized carbons (Fsp3) is 0.588. The number of benzene rings is 1. The van der Waals surface area contributed by atoms with Crippen LogP contribution in [0.4, 0.5) is 13.2 Å². The zero-order valence-corrected chi connectivity index (χ0v) is 14.6. The molecular weight excluding hydrogens is 357 g/mol. The molecule has 3 rings (SSSR count). The largest absolute Gasteiger partial charge is 0.573 e. The smallest absolute Gasteiger partial charge is 0.406 e. The Balaban J connectivity index is 0.00000225. The molecule has 0 aromatic heterocycles. The number of amides is 1. The highest BCUT2D eigenvalue weighted by atomic mass is 35.5. The van der Waals surface area contributed by atoms with Crippen LogP contribution >= 0.6 is 12.4 Å². The molecule has 1 aromatic rings. The molecule has 2 heterocycles. The zero-order valence-electron chi connectivity index (χ0n) is 13.8. The Morgan fingerprint density at radius 2 is 1.80 bits per heavy atom. The summed E-state index contributed by atoms with van der Waals surface area (Å²) >= 11 is 0. The summed E-state index contributed by atoms with van der Waals surface area (Å²) in [5, 5.41) is 3.39. The first-order valence-electron chi connectivity index (χ1n) is 8.19. The quantitative estimate of drug-likeness (QED) is 0.878. The minimum Gasteiger partial charge on any atom is -0.406 e. The second kappa shape index (κ2) is 7.83. The maximum absolute atomic E-state index is 12.4. The third-order valence-electron chi connectivity index (χ3n) is 5.02. The van der Waals surface area contributed by atoms with E-state index in [1.807, 2.05) is 4.90 Å². The third-order valence-corrected chi connectivity index (χ3v) is 5.02. The summed E-state index contributed by atoms with van der Waals surface area (Å²) in [6.45, 7) is 3.61. The predicted molar refractivity (Wildman–Crippen MR) is 89.8 cm³/mol. The van der Waals surface area contributed by atoms with Gasteiger partial charge >= 0.3 is 6.36 Å². The SMILES string of the molecule is Cl.O=C(Cc1ccc(OC(F)(F)F)cc1)N1CCC2(CCNC2)CC1. The highest BCUT2D eigenvalue weighted by molar-refractivity contribution is 5.85. The van der Waals surface area contributed by atoms with Crippen LogP contribution in [-0.4, -0.2) is 43.3 Å². The van der Waals surface area contributed by atoms with Crippen molar-refractivity contribution < 1.29 is 22.7 Å². The fourth-order valence-electron chi connectivity index (χ4n) is 3.55. The molecule has 4 nitrogen and oxygen atoms in total. The maximum atomic E-state index is 12.4. The number of carbonyl (C=O) groups is 1. The molecule has 25 heavy (non-hydrogen) atoms. The third kappa shape index (κ3) is 5.25. The molecule has 0 unspecified atom stereocenters. The van der Waals surface area contributed by atoms with Crippen molar-refractivity contribution >= 4 is 18.3 Å². The van der Waals surface area contributed by atoms with E-state index in [9.17, 15) is 18.0 Å². The molecule has 0 bridgehead atoms. The molecule has 0 aliphatic carbocycles. The van der Waals surface area contributed by atoms with Crippen LogP contribution in [0.3, 0.4) is 0 Å². The Kier molecular flexibility index (Phi) is 6.21. The van der Waals surface area contributed by atoms with Gasteiger partial charge in [-0.1, -0.05) is 12.1 Å². The van der Waals surface area contributed by atoms with E-state index in [0.717, 1.165) is 39.0 Å². The molecule has 2 aliphatic rings. The van der Waals surface area contributed by atoms with Crippen LogP contribution in [0.15, 0.2) is 24.3 Å². The lowest BCUT2D eigenvalue weighted by Crippen LogP contribution is -2.44. The molecule has 1 N–H and O–H groups in total. The van der Waals surface area contributed by atoms with E-state index in [0.29, 0.717) is 11.0 Å². The number of nitrogens with zero attached hydrogens (tertiary/aromatic N) is 1. The molecule has 0 radical (unpaired) electrons. The van der Waals surface area contributed by atoms with Crippen LogP contribution in [0.25, 0.3) is 0 Å². The van der Waals surface area contributed by atoms with E-state index in [2.05, 4.69) is 10.1 Å². The van der Waals surface area contributed by atoms with Crippen molar-refractivity contribution in [3.05, 3.63) is 29.8 Å². The maximum Gasteiger partial charge on any atom is 0.573 e. The van der Waals surface area contributed by atoms with Crippen LogP contribution in [0.1, 0.15) is 24.8 Å². The molecule has 2 saturated heterocycles. The highest BCUT2D eigenvalue weighted by Crippen LogP contribution is 2.37. The summed E-state index contributed by atoms with van der Waals surface area (Å²) in [6, 6.07) is 5.49. The van der Waals surface area contributed by atoms with Gasteiger partial charge in [0.2, 0.25) is 5.91 Å². The number of hydrogen-bond donors (Lipinski definition) is 1. The average molecular weight is 379 g/mol. The summed E-state index contributed by atoms with van der Waals surface area (Å²) in [7, 11) is 0. The van der Waals surface area contributed by atoms with Gasteiger partial charge in [0.1, 0.15) is 5.75 Å². The molecule has 8 heteroatoms. The van der Waals surface area contributed by atoms with Gasteiger partial charge in [-0.05, 0) is 48.9 Å². The standard InChI is InChI=1S/C17H21F3N2O2.ClH/c18-17(19,20)24-14-3-1-13(2-4-14)11-15(23)22-9-6-16(7-10-22)5-8-21-12-16;/h1-4,21H,5-12H2;1H. The van der Waals surface area contributed by atoms with Gasteiger partial charge in [0.15, 0.2) is 0 Å². The van der Waals surface area contributed by atoms with Crippen LogP contribution in [0, 0.1) is 5.41 Å².